The molecule has 2 unspecified atom stereocenters. The molecule has 0 bridgehead atoms. The lowest BCUT2D eigenvalue weighted by molar-refractivity contribution is 0.371. The summed E-state index contributed by atoms with van der Waals surface area (Å²) < 4.78 is 0. The molecule has 0 saturated carbocycles. The maximum absolute atomic E-state index is 5.87. The topological polar surface area (TPSA) is 45.4 Å². The van der Waals surface area contributed by atoms with E-state index in [9.17, 15) is 0 Å². The second-order valence-electron chi connectivity index (χ2n) is 6.42. The van der Waals surface area contributed by atoms with Crippen molar-refractivity contribution in [1.29, 1.82) is 0 Å². The molecule has 1 aromatic rings. The van der Waals surface area contributed by atoms with E-state index in [4.69, 9.17) is 10.7 Å². The zero-order valence-electron chi connectivity index (χ0n) is 13.3. The predicted octanol–water partition coefficient (Wildman–Crippen LogP) is 1.81. The van der Waals surface area contributed by atoms with Gasteiger partial charge in [-0.25, -0.2) is 4.98 Å². The SMILES string of the molecule is Cc1cc(CC(C)N)cnc1N1CCCC1CN(C)C. The summed E-state index contributed by atoms with van der Waals surface area (Å²) in [5, 5.41) is 0. The average Bonchev–Trinajstić information content (AvgIpc) is 2.75. The van der Waals surface area contributed by atoms with Crippen LogP contribution in [0.1, 0.15) is 30.9 Å². The van der Waals surface area contributed by atoms with E-state index < -0.39 is 0 Å². The van der Waals surface area contributed by atoms with E-state index in [2.05, 4.69) is 36.9 Å². The fourth-order valence-electron chi connectivity index (χ4n) is 3.14. The van der Waals surface area contributed by atoms with Gasteiger partial charge in [0.25, 0.3) is 0 Å². The maximum atomic E-state index is 5.87. The van der Waals surface area contributed by atoms with Crippen LogP contribution < -0.4 is 10.6 Å². The van der Waals surface area contributed by atoms with Crippen LogP contribution in [0, 0.1) is 6.92 Å². The van der Waals surface area contributed by atoms with Crippen molar-refractivity contribution in [2.24, 2.45) is 5.73 Å². The number of anilines is 1. The third kappa shape index (κ3) is 3.70. The van der Waals surface area contributed by atoms with Crippen LogP contribution in [0.4, 0.5) is 5.82 Å². The Morgan fingerprint density at radius 1 is 1.50 bits per heavy atom. The molecule has 4 nitrogen and oxygen atoms in total. The van der Waals surface area contributed by atoms with E-state index in [0.717, 1.165) is 25.3 Å². The van der Waals surface area contributed by atoms with Gasteiger partial charge in [0.2, 0.25) is 0 Å². The number of hydrogen-bond acceptors (Lipinski definition) is 4. The van der Waals surface area contributed by atoms with Gasteiger partial charge in [-0.2, -0.15) is 0 Å². The van der Waals surface area contributed by atoms with Gasteiger partial charge in [-0.1, -0.05) is 6.07 Å². The summed E-state index contributed by atoms with van der Waals surface area (Å²) in [6, 6.07) is 3.03. The molecule has 1 aliphatic rings. The van der Waals surface area contributed by atoms with Gasteiger partial charge in [-0.15, -0.1) is 0 Å². The molecule has 2 rings (SSSR count). The van der Waals surface area contributed by atoms with Gasteiger partial charge in [0.15, 0.2) is 0 Å². The van der Waals surface area contributed by atoms with Crippen molar-refractivity contribution < 1.29 is 0 Å². The summed E-state index contributed by atoms with van der Waals surface area (Å²) in [4.78, 5) is 9.47. The fourth-order valence-corrected chi connectivity index (χ4v) is 3.14. The minimum atomic E-state index is 0.190. The Bertz CT molecular complexity index is 442. The first-order valence-electron chi connectivity index (χ1n) is 7.60. The van der Waals surface area contributed by atoms with E-state index in [1.807, 2.05) is 13.1 Å². The van der Waals surface area contributed by atoms with Crippen molar-refractivity contribution in [2.75, 3.05) is 32.1 Å². The van der Waals surface area contributed by atoms with E-state index >= 15 is 0 Å². The van der Waals surface area contributed by atoms with E-state index in [1.165, 1.54) is 24.0 Å². The summed E-state index contributed by atoms with van der Waals surface area (Å²) in [5.74, 6) is 1.16. The Balaban J connectivity index is 2.15. The zero-order valence-corrected chi connectivity index (χ0v) is 13.3. The highest BCUT2D eigenvalue weighted by Gasteiger charge is 2.27. The normalized spacial score (nSPS) is 20.7. The minimum absolute atomic E-state index is 0.190. The Labute approximate surface area is 123 Å². The number of nitrogens with two attached hydrogens (primary N) is 1. The summed E-state index contributed by atoms with van der Waals surface area (Å²) in [5.41, 5.74) is 8.38. The van der Waals surface area contributed by atoms with Crippen molar-refractivity contribution in [1.82, 2.24) is 9.88 Å². The monoisotopic (exact) mass is 276 g/mol. The number of aromatic nitrogens is 1. The van der Waals surface area contributed by atoms with Crippen LogP contribution in [0.2, 0.25) is 0 Å². The molecule has 0 radical (unpaired) electrons. The number of aryl methyl sites for hydroxylation is 1. The van der Waals surface area contributed by atoms with Crippen molar-refractivity contribution in [3.8, 4) is 0 Å². The van der Waals surface area contributed by atoms with Crippen LogP contribution in [0.25, 0.3) is 0 Å². The first kappa shape index (κ1) is 15.3. The van der Waals surface area contributed by atoms with Crippen molar-refractivity contribution in [3.63, 3.8) is 0 Å². The second-order valence-corrected chi connectivity index (χ2v) is 6.42. The van der Waals surface area contributed by atoms with Gasteiger partial charge in [0.1, 0.15) is 5.82 Å². The van der Waals surface area contributed by atoms with Crippen LogP contribution in [0.5, 0.6) is 0 Å². The van der Waals surface area contributed by atoms with Gasteiger partial charge in [-0.3, -0.25) is 0 Å². The molecule has 2 atom stereocenters. The molecule has 1 aromatic heterocycles. The van der Waals surface area contributed by atoms with Gasteiger partial charge < -0.3 is 15.5 Å². The quantitative estimate of drug-likeness (QED) is 0.891. The van der Waals surface area contributed by atoms with Crippen LogP contribution in [0.3, 0.4) is 0 Å². The number of pyridine rings is 1. The summed E-state index contributed by atoms with van der Waals surface area (Å²) in [7, 11) is 4.28. The zero-order chi connectivity index (χ0) is 14.7. The summed E-state index contributed by atoms with van der Waals surface area (Å²) in [6.07, 6.45) is 5.42. The molecule has 1 aliphatic heterocycles. The van der Waals surface area contributed by atoms with Gasteiger partial charge in [0, 0.05) is 31.4 Å². The van der Waals surface area contributed by atoms with Crippen LogP contribution in [-0.2, 0) is 6.42 Å². The lowest BCUT2D eigenvalue weighted by Crippen LogP contribution is -2.38. The molecule has 0 amide bonds. The van der Waals surface area contributed by atoms with Crippen LogP contribution in [-0.4, -0.2) is 49.2 Å². The molecule has 0 aliphatic carbocycles. The van der Waals surface area contributed by atoms with E-state index in [-0.39, 0.29) is 6.04 Å². The van der Waals surface area contributed by atoms with E-state index in [0.29, 0.717) is 6.04 Å². The van der Waals surface area contributed by atoms with Crippen LogP contribution >= 0.6 is 0 Å². The molecular formula is C16H28N4. The Morgan fingerprint density at radius 2 is 2.25 bits per heavy atom. The molecule has 0 aromatic carbocycles. The van der Waals surface area contributed by atoms with Gasteiger partial charge in [0.05, 0.1) is 0 Å². The standard InChI is InChI=1S/C16H28N4/c1-12-8-14(9-13(2)17)10-18-16(12)20-7-5-6-15(20)11-19(3)4/h8,10,13,15H,5-7,9,11,17H2,1-4H3. The van der Waals surface area contributed by atoms with Gasteiger partial charge in [-0.05, 0) is 58.3 Å². The summed E-state index contributed by atoms with van der Waals surface area (Å²) in [6.45, 7) is 6.43. The lowest BCUT2D eigenvalue weighted by Gasteiger charge is -2.29. The smallest absolute Gasteiger partial charge is 0.131 e. The average molecular weight is 276 g/mol. The molecule has 0 spiro atoms. The molecule has 112 valence electrons. The highest BCUT2D eigenvalue weighted by atomic mass is 15.3. The molecular weight excluding hydrogens is 248 g/mol. The number of rotatable bonds is 5. The van der Waals surface area contributed by atoms with Crippen molar-refractivity contribution in [3.05, 3.63) is 23.4 Å². The van der Waals surface area contributed by atoms with E-state index in [1.54, 1.807) is 0 Å². The largest absolute Gasteiger partial charge is 0.352 e. The highest BCUT2D eigenvalue weighted by Crippen LogP contribution is 2.27. The van der Waals surface area contributed by atoms with Crippen molar-refractivity contribution >= 4 is 5.82 Å². The lowest BCUT2D eigenvalue weighted by atomic mass is 10.1. The fraction of sp³-hybridized carbons (Fsp3) is 0.688. The van der Waals surface area contributed by atoms with Crippen molar-refractivity contribution in [2.45, 2.75) is 45.2 Å². The minimum Gasteiger partial charge on any atom is -0.352 e. The molecule has 4 heteroatoms. The summed E-state index contributed by atoms with van der Waals surface area (Å²) >= 11 is 0. The maximum Gasteiger partial charge on any atom is 0.131 e. The first-order chi connectivity index (χ1) is 9.47. The molecule has 1 saturated heterocycles. The number of hydrogen-bond donors (Lipinski definition) is 1. The third-order valence-corrected chi connectivity index (χ3v) is 3.89. The third-order valence-electron chi connectivity index (χ3n) is 3.89. The number of likely N-dealkylation sites (N-methyl/N-ethyl adjacent to an activating group) is 1. The van der Waals surface area contributed by atoms with Crippen LogP contribution in [0.15, 0.2) is 12.3 Å². The Hall–Kier alpha value is -1.13. The molecule has 2 heterocycles. The highest BCUT2D eigenvalue weighted by molar-refractivity contribution is 5.49. The molecule has 2 N–H and O–H groups in total. The molecule has 1 fully saturated rings. The number of nitrogens with zero attached hydrogens (tertiary/aromatic N) is 3. The van der Waals surface area contributed by atoms with Gasteiger partial charge >= 0.3 is 0 Å². The Morgan fingerprint density at radius 3 is 2.85 bits per heavy atom. The Kier molecular flexibility index (Phi) is 5.00. The predicted molar refractivity (Wildman–Crippen MR) is 85.2 cm³/mol. The molecule has 20 heavy (non-hydrogen) atoms. The second kappa shape index (κ2) is 6.55. The first-order valence-corrected chi connectivity index (χ1v) is 7.60.